The molecular formula is C14H18N2O3S. The summed E-state index contributed by atoms with van der Waals surface area (Å²) in [4.78, 5) is 13.6. The molecule has 0 spiro atoms. The summed E-state index contributed by atoms with van der Waals surface area (Å²) in [6.07, 6.45) is 0. The third-order valence-electron chi connectivity index (χ3n) is 4.19. The maximum atomic E-state index is 12.4. The molecule has 108 valence electrons. The molecule has 2 saturated heterocycles. The molecule has 2 aliphatic heterocycles. The Morgan fingerprint density at radius 2 is 1.85 bits per heavy atom. The fourth-order valence-electron chi connectivity index (χ4n) is 3.12. The van der Waals surface area contributed by atoms with E-state index in [4.69, 9.17) is 0 Å². The highest BCUT2D eigenvalue weighted by atomic mass is 32.2. The fourth-order valence-corrected chi connectivity index (χ4v) is 4.73. The second kappa shape index (κ2) is 4.86. The Morgan fingerprint density at radius 3 is 2.50 bits per heavy atom. The van der Waals surface area contributed by atoms with Gasteiger partial charge in [-0.2, -0.15) is 0 Å². The van der Waals surface area contributed by atoms with Crippen LogP contribution in [0.2, 0.25) is 0 Å². The molecule has 2 fully saturated rings. The van der Waals surface area contributed by atoms with Gasteiger partial charge < -0.3 is 4.90 Å². The molecule has 2 atom stereocenters. The van der Waals surface area contributed by atoms with E-state index in [0.717, 1.165) is 5.56 Å². The van der Waals surface area contributed by atoms with Crippen LogP contribution in [0.3, 0.4) is 0 Å². The first kappa shape index (κ1) is 13.6. The minimum absolute atomic E-state index is 0.0112. The van der Waals surface area contributed by atoms with E-state index in [-0.39, 0.29) is 23.5 Å². The lowest BCUT2D eigenvalue weighted by Crippen LogP contribution is -2.34. The lowest BCUT2D eigenvalue weighted by molar-refractivity contribution is -0.129. The van der Waals surface area contributed by atoms with Crippen molar-refractivity contribution in [3.05, 3.63) is 35.9 Å². The normalized spacial score (nSPS) is 27.1. The summed E-state index contributed by atoms with van der Waals surface area (Å²) in [7, 11) is -1.55. The number of nitrogens with zero attached hydrogens (tertiary/aromatic N) is 2. The van der Waals surface area contributed by atoms with Gasteiger partial charge in [-0.25, -0.2) is 12.7 Å². The number of hydrogen-bond acceptors (Lipinski definition) is 3. The molecule has 2 aliphatic rings. The van der Waals surface area contributed by atoms with Gasteiger partial charge in [0, 0.05) is 32.6 Å². The Labute approximate surface area is 119 Å². The number of hydrogen-bond donors (Lipinski definition) is 0. The van der Waals surface area contributed by atoms with Crippen molar-refractivity contribution in [2.75, 3.05) is 26.7 Å². The van der Waals surface area contributed by atoms with Gasteiger partial charge in [-0.3, -0.25) is 4.79 Å². The molecule has 0 unspecified atom stereocenters. The van der Waals surface area contributed by atoms with Gasteiger partial charge in [-0.15, -0.1) is 0 Å². The summed E-state index contributed by atoms with van der Waals surface area (Å²) in [5.41, 5.74) is 0.785. The van der Waals surface area contributed by atoms with Crippen molar-refractivity contribution in [2.24, 2.45) is 11.8 Å². The first-order chi connectivity index (χ1) is 9.47. The molecule has 5 nitrogen and oxygen atoms in total. The molecule has 0 aromatic heterocycles. The molecule has 0 bridgehead atoms. The number of likely N-dealkylation sites (tertiary alicyclic amines) is 1. The lowest BCUT2D eigenvalue weighted by atomic mass is 10.0. The Bertz CT molecular complexity index is 615. The maximum absolute atomic E-state index is 12.4. The summed E-state index contributed by atoms with van der Waals surface area (Å²) in [5.74, 6) is 0.0909. The maximum Gasteiger partial charge on any atom is 0.227 e. The Hall–Kier alpha value is -1.40. The molecule has 0 N–H and O–H groups in total. The van der Waals surface area contributed by atoms with Crippen LogP contribution in [0, 0.1) is 11.8 Å². The van der Waals surface area contributed by atoms with Crippen molar-refractivity contribution >= 4 is 15.9 Å². The van der Waals surface area contributed by atoms with Gasteiger partial charge in [-0.1, -0.05) is 30.3 Å². The van der Waals surface area contributed by atoms with Crippen LogP contribution in [0.1, 0.15) is 5.56 Å². The van der Waals surface area contributed by atoms with Gasteiger partial charge in [0.25, 0.3) is 0 Å². The zero-order chi connectivity index (χ0) is 14.3. The van der Waals surface area contributed by atoms with Gasteiger partial charge >= 0.3 is 0 Å². The van der Waals surface area contributed by atoms with Crippen LogP contribution in [-0.2, 0) is 20.6 Å². The average molecular weight is 294 g/mol. The highest BCUT2D eigenvalue weighted by Crippen LogP contribution is 2.33. The minimum atomic E-state index is -3.33. The van der Waals surface area contributed by atoms with E-state index in [2.05, 4.69) is 0 Å². The van der Waals surface area contributed by atoms with Crippen molar-refractivity contribution in [3.8, 4) is 0 Å². The molecule has 2 heterocycles. The second-order valence-corrected chi connectivity index (χ2v) is 7.61. The Morgan fingerprint density at radius 1 is 1.15 bits per heavy atom. The van der Waals surface area contributed by atoms with E-state index in [1.54, 1.807) is 11.9 Å². The highest BCUT2D eigenvalue weighted by molar-refractivity contribution is 7.88. The van der Waals surface area contributed by atoms with E-state index in [9.17, 15) is 13.2 Å². The number of carbonyl (C=O) groups is 1. The molecule has 1 aromatic rings. The lowest BCUT2D eigenvalue weighted by Gasteiger charge is -2.19. The number of rotatable bonds is 3. The summed E-state index contributed by atoms with van der Waals surface area (Å²) in [6.45, 7) is 1.47. The molecule has 20 heavy (non-hydrogen) atoms. The van der Waals surface area contributed by atoms with Crippen molar-refractivity contribution in [1.82, 2.24) is 9.21 Å². The van der Waals surface area contributed by atoms with Crippen molar-refractivity contribution in [3.63, 3.8) is 0 Å². The molecular weight excluding hydrogens is 276 g/mol. The second-order valence-electron chi connectivity index (χ2n) is 5.64. The Balaban J connectivity index is 1.73. The van der Waals surface area contributed by atoms with E-state index in [0.29, 0.717) is 19.6 Å². The van der Waals surface area contributed by atoms with Crippen LogP contribution in [0.15, 0.2) is 30.3 Å². The zero-order valence-corrected chi connectivity index (χ0v) is 12.2. The molecule has 0 aliphatic carbocycles. The van der Waals surface area contributed by atoms with Crippen LogP contribution in [0.5, 0.6) is 0 Å². The SMILES string of the molecule is CN1C[C@@H]2CN(S(=O)(=O)Cc3ccccc3)C[C@@H]2C1=O. The predicted molar refractivity (Wildman–Crippen MR) is 75.3 cm³/mol. The van der Waals surface area contributed by atoms with Crippen molar-refractivity contribution in [2.45, 2.75) is 5.75 Å². The quantitative estimate of drug-likeness (QED) is 0.817. The summed E-state index contributed by atoms with van der Waals surface area (Å²) < 4.78 is 26.3. The topological polar surface area (TPSA) is 57.7 Å². The number of amides is 1. The van der Waals surface area contributed by atoms with E-state index in [1.165, 1.54) is 4.31 Å². The molecule has 0 saturated carbocycles. The number of fused-ring (bicyclic) bond motifs is 1. The van der Waals surface area contributed by atoms with Gasteiger partial charge in [0.2, 0.25) is 15.9 Å². The first-order valence-corrected chi connectivity index (χ1v) is 8.35. The number of carbonyl (C=O) groups excluding carboxylic acids is 1. The zero-order valence-electron chi connectivity index (χ0n) is 11.4. The molecule has 6 heteroatoms. The Kier molecular flexibility index (Phi) is 3.30. The standard InChI is InChI=1S/C14H18N2O3S/c1-15-7-12-8-16(9-13(12)14(15)17)20(18,19)10-11-5-3-2-4-6-11/h2-6,12-13H,7-10H2,1H3/t12-,13+/m1/s1. The predicted octanol–water partition coefficient (Wildman–Crippen LogP) is 0.536. The summed E-state index contributed by atoms with van der Waals surface area (Å²) in [5, 5.41) is 0. The van der Waals surface area contributed by atoms with Gasteiger partial charge in [-0.05, 0) is 5.56 Å². The smallest absolute Gasteiger partial charge is 0.227 e. The van der Waals surface area contributed by atoms with Crippen LogP contribution < -0.4 is 0 Å². The molecule has 3 rings (SSSR count). The van der Waals surface area contributed by atoms with Crippen LogP contribution >= 0.6 is 0 Å². The van der Waals surface area contributed by atoms with Crippen LogP contribution in [-0.4, -0.2) is 50.2 Å². The fraction of sp³-hybridized carbons (Fsp3) is 0.500. The first-order valence-electron chi connectivity index (χ1n) is 6.74. The molecule has 0 radical (unpaired) electrons. The third kappa shape index (κ3) is 2.33. The summed E-state index contributed by atoms with van der Waals surface area (Å²) in [6, 6.07) is 9.16. The largest absolute Gasteiger partial charge is 0.345 e. The van der Waals surface area contributed by atoms with Crippen LogP contribution in [0.25, 0.3) is 0 Å². The monoisotopic (exact) mass is 294 g/mol. The van der Waals surface area contributed by atoms with E-state index in [1.807, 2.05) is 30.3 Å². The molecule has 1 aromatic carbocycles. The average Bonchev–Trinajstić information content (AvgIpc) is 2.92. The van der Waals surface area contributed by atoms with Crippen molar-refractivity contribution in [1.29, 1.82) is 0 Å². The number of benzene rings is 1. The number of sulfonamides is 1. The van der Waals surface area contributed by atoms with Crippen molar-refractivity contribution < 1.29 is 13.2 Å². The molecule has 1 amide bonds. The van der Waals surface area contributed by atoms with Gasteiger partial charge in [0.15, 0.2) is 0 Å². The van der Waals surface area contributed by atoms with Gasteiger partial charge in [0.1, 0.15) is 0 Å². The summed E-state index contributed by atoms with van der Waals surface area (Å²) >= 11 is 0. The van der Waals surface area contributed by atoms with E-state index >= 15 is 0 Å². The third-order valence-corrected chi connectivity index (χ3v) is 5.98. The van der Waals surface area contributed by atoms with Gasteiger partial charge in [0.05, 0.1) is 11.7 Å². The van der Waals surface area contributed by atoms with Crippen LogP contribution in [0.4, 0.5) is 0 Å². The van der Waals surface area contributed by atoms with E-state index < -0.39 is 10.0 Å². The highest BCUT2D eigenvalue weighted by Gasteiger charge is 2.47. The minimum Gasteiger partial charge on any atom is -0.345 e.